The standard InChI is InChI=1S/C35H54N2O5/c1-7-20-35(8-2,9-3)26-36(21-23-38)32(41)31-17-13-11-15-28(31)25-29(40)19-18-27-14-10-12-16-30(27)33(42)37(22-24-39)34(4,5)6/h10-17,29,38-40H,7-9,18-26H2,1-6H3. The third-order valence-electron chi connectivity index (χ3n) is 8.54. The fraction of sp³-hybridized carbons (Fsp3) is 0.600. The molecule has 2 rings (SSSR count). The molecule has 0 aliphatic rings. The number of carbonyl (C=O) groups is 2. The lowest BCUT2D eigenvalue weighted by Crippen LogP contribution is -2.47. The van der Waals surface area contributed by atoms with Gasteiger partial charge in [0.15, 0.2) is 0 Å². The predicted octanol–water partition coefficient (Wildman–Crippen LogP) is 5.50. The maximum atomic E-state index is 13.8. The van der Waals surface area contributed by atoms with Crippen molar-refractivity contribution < 1.29 is 24.9 Å². The molecule has 2 aromatic rings. The number of benzene rings is 2. The molecule has 0 aliphatic heterocycles. The number of β-amino-alcohol motifs (C(OH)–C–C–N with tert-alkyl or cyclic N) is 1. The van der Waals surface area contributed by atoms with E-state index in [-0.39, 0.29) is 43.5 Å². The number of hydrogen-bond acceptors (Lipinski definition) is 5. The van der Waals surface area contributed by atoms with E-state index < -0.39 is 11.6 Å². The summed E-state index contributed by atoms with van der Waals surface area (Å²) in [6.45, 7) is 13.2. The zero-order valence-electron chi connectivity index (χ0n) is 26.7. The molecule has 2 amide bonds. The summed E-state index contributed by atoms with van der Waals surface area (Å²) in [5.74, 6) is -0.254. The summed E-state index contributed by atoms with van der Waals surface area (Å²) >= 11 is 0. The Balaban J connectivity index is 2.22. The highest BCUT2D eigenvalue weighted by Crippen LogP contribution is 2.34. The van der Waals surface area contributed by atoms with E-state index >= 15 is 0 Å². The number of amides is 2. The fourth-order valence-corrected chi connectivity index (χ4v) is 5.90. The van der Waals surface area contributed by atoms with Crippen LogP contribution in [0.15, 0.2) is 48.5 Å². The zero-order valence-corrected chi connectivity index (χ0v) is 26.7. The first-order chi connectivity index (χ1) is 20.0. The van der Waals surface area contributed by atoms with Crippen LogP contribution in [-0.4, -0.2) is 81.4 Å². The molecule has 3 N–H and O–H groups in total. The molecule has 0 radical (unpaired) electrons. The second kappa shape index (κ2) is 16.8. The van der Waals surface area contributed by atoms with E-state index in [1.807, 2.05) is 63.2 Å². The van der Waals surface area contributed by atoms with Crippen molar-refractivity contribution in [2.45, 2.75) is 98.1 Å². The van der Waals surface area contributed by atoms with E-state index in [9.17, 15) is 24.9 Å². The van der Waals surface area contributed by atoms with Crippen molar-refractivity contribution in [2.24, 2.45) is 5.41 Å². The number of nitrogens with zero attached hydrogens (tertiary/aromatic N) is 2. The van der Waals surface area contributed by atoms with Crippen LogP contribution >= 0.6 is 0 Å². The van der Waals surface area contributed by atoms with Crippen molar-refractivity contribution in [3.8, 4) is 0 Å². The SMILES string of the molecule is CCCC(CC)(CC)CN(CCO)C(=O)c1ccccc1CC(O)CCc1ccccc1C(=O)N(CCO)C(C)(C)C. The molecule has 0 bridgehead atoms. The molecule has 42 heavy (non-hydrogen) atoms. The highest BCUT2D eigenvalue weighted by molar-refractivity contribution is 5.96. The Hall–Kier alpha value is -2.74. The highest BCUT2D eigenvalue weighted by atomic mass is 16.3. The van der Waals surface area contributed by atoms with Gasteiger partial charge in [0.25, 0.3) is 11.8 Å². The quantitative estimate of drug-likeness (QED) is 0.229. The van der Waals surface area contributed by atoms with Crippen molar-refractivity contribution in [1.29, 1.82) is 0 Å². The van der Waals surface area contributed by atoms with Gasteiger partial charge < -0.3 is 25.1 Å². The third-order valence-corrected chi connectivity index (χ3v) is 8.54. The number of hydrogen-bond donors (Lipinski definition) is 3. The van der Waals surface area contributed by atoms with Crippen LogP contribution in [0.1, 0.15) is 105 Å². The average Bonchev–Trinajstić information content (AvgIpc) is 2.97. The molecule has 0 aliphatic carbocycles. The molecule has 0 aromatic heterocycles. The number of aliphatic hydroxyl groups excluding tert-OH is 3. The van der Waals surface area contributed by atoms with Gasteiger partial charge in [-0.05, 0) is 88.0 Å². The maximum absolute atomic E-state index is 13.8. The monoisotopic (exact) mass is 582 g/mol. The summed E-state index contributed by atoms with van der Waals surface area (Å²) in [6.07, 6.45) is 4.51. The van der Waals surface area contributed by atoms with Gasteiger partial charge in [0.1, 0.15) is 0 Å². The molecule has 0 saturated heterocycles. The predicted molar refractivity (Wildman–Crippen MR) is 170 cm³/mol. The van der Waals surface area contributed by atoms with Gasteiger partial charge >= 0.3 is 0 Å². The van der Waals surface area contributed by atoms with Gasteiger partial charge in [0, 0.05) is 36.3 Å². The summed E-state index contributed by atoms with van der Waals surface area (Å²) in [4.78, 5) is 30.7. The number of rotatable bonds is 17. The molecular formula is C35H54N2O5. The molecule has 1 unspecified atom stereocenters. The van der Waals surface area contributed by atoms with Crippen molar-refractivity contribution in [2.75, 3.05) is 32.8 Å². The van der Waals surface area contributed by atoms with Crippen LogP contribution in [0.5, 0.6) is 0 Å². The minimum atomic E-state index is -0.713. The van der Waals surface area contributed by atoms with Gasteiger partial charge in [-0.25, -0.2) is 0 Å². The molecule has 7 nitrogen and oxygen atoms in total. The molecule has 7 heteroatoms. The highest BCUT2D eigenvalue weighted by Gasteiger charge is 2.31. The van der Waals surface area contributed by atoms with Crippen LogP contribution in [0.3, 0.4) is 0 Å². The van der Waals surface area contributed by atoms with Crippen LogP contribution in [0.2, 0.25) is 0 Å². The first kappa shape index (κ1) is 35.5. The smallest absolute Gasteiger partial charge is 0.254 e. The lowest BCUT2D eigenvalue weighted by atomic mass is 9.77. The van der Waals surface area contributed by atoms with Gasteiger partial charge in [-0.15, -0.1) is 0 Å². The zero-order chi connectivity index (χ0) is 31.3. The van der Waals surface area contributed by atoms with Gasteiger partial charge in [-0.2, -0.15) is 0 Å². The van der Waals surface area contributed by atoms with Gasteiger partial charge in [0.2, 0.25) is 0 Å². The van der Waals surface area contributed by atoms with E-state index in [1.165, 1.54) is 0 Å². The minimum Gasteiger partial charge on any atom is -0.395 e. The summed E-state index contributed by atoms with van der Waals surface area (Å²) in [7, 11) is 0. The Bertz CT molecular complexity index is 1120. The van der Waals surface area contributed by atoms with Crippen LogP contribution in [0.4, 0.5) is 0 Å². The number of aryl methyl sites for hydroxylation is 1. The van der Waals surface area contributed by atoms with Crippen LogP contribution < -0.4 is 0 Å². The second-order valence-corrected chi connectivity index (χ2v) is 12.5. The topological polar surface area (TPSA) is 101 Å². The molecule has 234 valence electrons. The lowest BCUT2D eigenvalue weighted by molar-refractivity contribution is 0.0524. The summed E-state index contributed by atoms with van der Waals surface area (Å²) in [5.41, 5.74) is 2.32. The second-order valence-electron chi connectivity index (χ2n) is 12.5. The van der Waals surface area contributed by atoms with E-state index in [2.05, 4.69) is 20.8 Å². The lowest BCUT2D eigenvalue weighted by Gasteiger charge is -2.37. The van der Waals surface area contributed by atoms with Crippen LogP contribution in [0, 0.1) is 5.41 Å². The average molecular weight is 583 g/mol. The largest absolute Gasteiger partial charge is 0.395 e. The Morgan fingerprint density at radius 3 is 1.88 bits per heavy atom. The van der Waals surface area contributed by atoms with Gasteiger partial charge in [-0.3, -0.25) is 9.59 Å². The molecule has 0 fully saturated rings. The number of aliphatic hydroxyl groups is 3. The molecule has 1 atom stereocenters. The molecule has 0 spiro atoms. The first-order valence-electron chi connectivity index (χ1n) is 15.6. The van der Waals surface area contributed by atoms with E-state index in [0.29, 0.717) is 36.9 Å². The minimum absolute atomic E-state index is 0.0125. The molecule has 2 aromatic carbocycles. The van der Waals surface area contributed by atoms with Crippen molar-refractivity contribution in [1.82, 2.24) is 9.80 Å². The maximum Gasteiger partial charge on any atom is 0.254 e. The van der Waals surface area contributed by atoms with Crippen molar-refractivity contribution in [3.05, 3.63) is 70.8 Å². The molecular weight excluding hydrogens is 528 g/mol. The normalized spacial score (nSPS) is 12.7. The summed E-state index contributed by atoms with van der Waals surface area (Å²) < 4.78 is 0. The Labute approximate surface area is 253 Å². The van der Waals surface area contributed by atoms with Gasteiger partial charge in [0.05, 0.1) is 19.3 Å². The van der Waals surface area contributed by atoms with Crippen molar-refractivity contribution >= 4 is 11.8 Å². The Morgan fingerprint density at radius 2 is 1.36 bits per heavy atom. The molecule has 0 saturated carbocycles. The van der Waals surface area contributed by atoms with Gasteiger partial charge in [-0.1, -0.05) is 63.6 Å². The summed E-state index contributed by atoms with van der Waals surface area (Å²) in [5, 5.41) is 30.4. The Morgan fingerprint density at radius 1 is 0.810 bits per heavy atom. The fourth-order valence-electron chi connectivity index (χ4n) is 5.90. The van der Waals surface area contributed by atoms with Crippen molar-refractivity contribution in [3.63, 3.8) is 0 Å². The number of carbonyl (C=O) groups excluding carboxylic acids is 2. The van der Waals surface area contributed by atoms with Crippen LogP contribution in [-0.2, 0) is 12.8 Å². The van der Waals surface area contributed by atoms with E-state index in [1.54, 1.807) is 15.9 Å². The first-order valence-corrected chi connectivity index (χ1v) is 15.6. The van der Waals surface area contributed by atoms with E-state index in [4.69, 9.17) is 0 Å². The molecule has 0 heterocycles. The third kappa shape index (κ3) is 9.65. The van der Waals surface area contributed by atoms with Crippen LogP contribution in [0.25, 0.3) is 0 Å². The van der Waals surface area contributed by atoms with E-state index in [0.717, 1.165) is 36.8 Å². The Kier molecular flexibility index (Phi) is 14.2. The summed E-state index contributed by atoms with van der Waals surface area (Å²) in [6, 6.07) is 14.9.